The van der Waals surface area contributed by atoms with E-state index in [9.17, 15) is 21.6 Å². The maximum atomic E-state index is 12.8. The second-order valence-electron chi connectivity index (χ2n) is 8.97. The minimum absolute atomic E-state index is 0.134. The molecule has 0 unspecified atom stereocenters. The van der Waals surface area contributed by atoms with Crippen LogP contribution < -0.4 is 4.18 Å². The van der Waals surface area contributed by atoms with E-state index in [-0.39, 0.29) is 11.2 Å². The van der Waals surface area contributed by atoms with Gasteiger partial charge in [0.1, 0.15) is 5.75 Å². The van der Waals surface area contributed by atoms with Gasteiger partial charge in [-0.1, -0.05) is 18.9 Å². The van der Waals surface area contributed by atoms with E-state index in [0.29, 0.717) is 31.8 Å². The Morgan fingerprint density at radius 2 is 1.97 bits per heavy atom. The topological polar surface area (TPSA) is 65.1 Å². The molecule has 2 fully saturated rings. The van der Waals surface area contributed by atoms with Crippen molar-refractivity contribution < 1.29 is 35.2 Å². The molecule has 1 aliphatic heterocycles. The Bertz CT molecular complexity index is 923. The van der Waals surface area contributed by atoms with E-state index in [4.69, 9.17) is 9.47 Å². The van der Waals surface area contributed by atoms with Crippen molar-refractivity contribution in [2.24, 2.45) is 5.92 Å². The summed E-state index contributed by atoms with van der Waals surface area (Å²) in [6, 6.07) is 4.99. The highest BCUT2D eigenvalue weighted by atomic mass is 32.2. The van der Waals surface area contributed by atoms with Gasteiger partial charge in [-0.25, -0.2) is 0 Å². The van der Waals surface area contributed by atoms with Crippen molar-refractivity contribution in [2.75, 3.05) is 40.0 Å². The highest BCUT2D eigenvalue weighted by Gasteiger charge is 2.54. The number of likely N-dealkylation sites (tertiary alicyclic amines) is 1. The number of alkyl halides is 3. The summed E-state index contributed by atoms with van der Waals surface area (Å²) in [7, 11) is -4.04. The molecule has 0 spiro atoms. The average molecular weight is 478 g/mol. The molecule has 0 radical (unpaired) electrons. The molecule has 4 rings (SSSR count). The first-order chi connectivity index (χ1) is 15.2. The maximum Gasteiger partial charge on any atom is 0.534 e. The Morgan fingerprint density at radius 3 is 2.72 bits per heavy atom. The summed E-state index contributed by atoms with van der Waals surface area (Å²) in [4.78, 5) is 2.49. The fourth-order valence-corrected chi connectivity index (χ4v) is 6.44. The largest absolute Gasteiger partial charge is 0.534 e. The molecule has 3 atom stereocenters. The van der Waals surface area contributed by atoms with Crippen molar-refractivity contribution in [3.63, 3.8) is 0 Å². The van der Waals surface area contributed by atoms with E-state index in [2.05, 4.69) is 9.08 Å². The number of fused-ring (bicyclic) bond motifs is 1. The molecule has 3 aliphatic rings. The first-order valence-electron chi connectivity index (χ1n) is 11.1. The Morgan fingerprint density at radius 1 is 1.16 bits per heavy atom. The van der Waals surface area contributed by atoms with Crippen molar-refractivity contribution >= 4 is 10.1 Å². The Balaban J connectivity index is 1.58. The predicted molar refractivity (Wildman–Crippen MR) is 112 cm³/mol. The third-order valence-electron chi connectivity index (χ3n) is 7.37. The molecule has 1 heterocycles. The van der Waals surface area contributed by atoms with Gasteiger partial charge in [0.2, 0.25) is 0 Å². The van der Waals surface area contributed by atoms with Gasteiger partial charge in [0.25, 0.3) is 0 Å². The molecule has 2 aliphatic carbocycles. The summed E-state index contributed by atoms with van der Waals surface area (Å²) in [5.74, 6) is 0.137. The van der Waals surface area contributed by atoms with E-state index in [1.807, 2.05) is 0 Å². The Hall–Kier alpha value is -1.36. The Labute approximate surface area is 187 Å². The van der Waals surface area contributed by atoms with Crippen LogP contribution in [0.1, 0.15) is 43.2 Å². The van der Waals surface area contributed by atoms with Crippen LogP contribution in [0.5, 0.6) is 5.75 Å². The van der Waals surface area contributed by atoms with Gasteiger partial charge in [0.15, 0.2) is 0 Å². The number of piperidine rings is 1. The van der Waals surface area contributed by atoms with E-state index in [1.165, 1.54) is 6.07 Å². The molecule has 1 saturated carbocycles. The lowest BCUT2D eigenvalue weighted by molar-refractivity contribution is -0.0500. The summed E-state index contributed by atoms with van der Waals surface area (Å²) in [6.45, 7) is 3.49. The van der Waals surface area contributed by atoms with Crippen LogP contribution in [0, 0.1) is 5.92 Å². The lowest BCUT2D eigenvalue weighted by Gasteiger charge is -2.59. The van der Waals surface area contributed by atoms with Gasteiger partial charge >= 0.3 is 15.6 Å². The van der Waals surface area contributed by atoms with Gasteiger partial charge in [-0.3, -0.25) is 4.90 Å². The normalized spacial score (nSPS) is 28.1. The molecule has 0 N–H and O–H groups in total. The fraction of sp³-hybridized carbons (Fsp3) is 0.727. The van der Waals surface area contributed by atoms with Crippen LogP contribution in [0.3, 0.4) is 0 Å². The summed E-state index contributed by atoms with van der Waals surface area (Å²) in [5.41, 5.74) is -3.53. The molecule has 180 valence electrons. The number of methoxy groups -OCH3 is 1. The first-order valence-corrected chi connectivity index (χ1v) is 12.5. The van der Waals surface area contributed by atoms with Crippen molar-refractivity contribution in [1.29, 1.82) is 0 Å². The summed E-state index contributed by atoms with van der Waals surface area (Å²) >= 11 is 0. The van der Waals surface area contributed by atoms with Crippen LogP contribution in [0.2, 0.25) is 0 Å². The van der Waals surface area contributed by atoms with Crippen LogP contribution in [0.25, 0.3) is 0 Å². The number of hydrogen-bond acceptors (Lipinski definition) is 6. The molecule has 1 aromatic carbocycles. The van der Waals surface area contributed by atoms with Gasteiger partial charge in [-0.05, 0) is 61.4 Å². The third-order valence-corrected chi connectivity index (χ3v) is 8.35. The minimum atomic E-state index is -5.69. The van der Waals surface area contributed by atoms with Crippen LogP contribution >= 0.6 is 0 Å². The molecule has 2 bridgehead atoms. The van der Waals surface area contributed by atoms with Crippen LogP contribution in [0.15, 0.2) is 18.2 Å². The zero-order valence-corrected chi connectivity index (χ0v) is 19.0. The molecule has 0 aromatic heterocycles. The average Bonchev–Trinajstić information content (AvgIpc) is 2.74. The number of hydrogen-bond donors (Lipinski definition) is 0. The highest BCUT2D eigenvalue weighted by molar-refractivity contribution is 7.88. The highest BCUT2D eigenvalue weighted by Crippen LogP contribution is 2.56. The third kappa shape index (κ3) is 4.38. The molecular formula is C22H30F3NO5S. The smallest absolute Gasteiger partial charge is 0.382 e. The lowest BCUT2D eigenvalue weighted by Crippen LogP contribution is -2.61. The zero-order valence-electron chi connectivity index (χ0n) is 18.2. The summed E-state index contributed by atoms with van der Waals surface area (Å²) in [5, 5.41) is 0. The zero-order chi connectivity index (χ0) is 23.0. The fourth-order valence-electron chi connectivity index (χ4n) is 5.99. The maximum absolute atomic E-state index is 12.8. The molecule has 32 heavy (non-hydrogen) atoms. The SMILES string of the molecule is COCCOCCN1CC[C@]23CCCC[C@H]2[C@H]1Cc1ccc(OS(=O)(=O)C(F)(F)F)cc13. The second kappa shape index (κ2) is 9.12. The quantitative estimate of drug-likeness (QED) is 0.324. The molecule has 0 amide bonds. The van der Waals surface area contributed by atoms with Crippen LogP contribution in [-0.2, 0) is 31.4 Å². The molecule has 10 heteroatoms. The predicted octanol–water partition coefficient (Wildman–Crippen LogP) is 3.64. The number of rotatable bonds is 8. The van der Waals surface area contributed by atoms with Gasteiger partial charge in [0.05, 0.1) is 19.8 Å². The van der Waals surface area contributed by atoms with E-state index in [0.717, 1.165) is 62.7 Å². The van der Waals surface area contributed by atoms with Crippen molar-refractivity contribution in [3.8, 4) is 5.75 Å². The van der Waals surface area contributed by atoms with Gasteiger partial charge < -0.3 is 13.7 Å². The number of benzene rings is 1. The number of nitrogens with zero attached hydrogens (tertiary/aromatic N) is 1. The monoisotopic (exact) mass is 477 g/mol. The molecular weight excluding hydrogens is 447 g/mol. The van der Waals surface area contributed by atoms with Crippen LogP contribution in [-0.4, -0.2) is 64.9 Å². The van der Waals surface area contributed by atoms with Crippen LogP contribution in [0.4, 0.5) is 13.2 Å². The number of halogens is 3. The lowest BCUT2D eigenvalue weighted by atomic mass is 9.52. The Kier molecular flexibility index (Phi) is 6.78. The first kappa shape index (κ1) is 23.8. The van der Waals surface area contributed by atoms with Crippen molar-refractivity contribution in [1.82, 2.24) is 4.90 Å². The van der Waals surface area contributed by atoms with Crippen molar-refractivity contribution in [3.05, 3.63) is 29.3 Å². The van der Waals surface area contributed by atoms with E-state index in [1.54, 1.807) is 19.2 Å². The van der Waals surface area contributed by atoms with E-state index < -0.39 is 15.6 Å². The van der Waals surface area contributed by atoms with E-state index >= 15 is 0 Å². The second-order valence-corrected chi connectivity index (χ2v) is 10.5. The molecule has 1 saturated heterocycles. The standard InChI is InChI=1S/C22H30F3NO5S/c1-29-12-13-30-11-10-26-9-8-21-7-3-2-4-18(21)20(26)14-16-5-6-17(15-19(16)21)31-32(27,28)22(23,24)25/h5-6,15,18,20H,2-4,7-14H2,1H3/t18-,20+,21+/m0/s1. The summed E-state index contributed by atoms with van der Waals surface area (Å²) < 4.78 is 76.6. The number of ether oxygens (including phenoxy) is 2. The molecule has 1 aromatic rings. The summed E-state index contributed by atoms with van der Waals surface area (Å²) in [6.07, 6.45) is 5.93. The van der Waals surface area contributed by atoms with Crippen molar-refractivity contribution in [2.45, 2.75) is 55.5 Å². The molecule has 6 nitrogen and oxygen atoms in total. The van der Waals surface area contributed by atoms with Gasteiger partial charge in [-0.2, -0.15) is 21.6 Å². The minimum Gasteiger partial charge on any atom is -0.382 e. The van der Waals surface area contributed by atoms with Gasteiger partial charge in [-0.15, -0.1) is 0 Å². The van der Waals surface area contributed by atoms with Gasteiger partial charge in [0, 0.05) is 25.1 Å².